The number of hydrogen-bond acceptors (Lipinski definition) is 4. The highest BCUT2D eigenvalue weighted by molar-refractivity contribution is 5.69. The quantitative estimate of drug-likeness (QED) is 0.332. The first-order chi connectivity index (χ1) is 5.24. The summed E-state index contributed by atoms with van der Waals surface area (Å²) in [5.41, 5.74) is -0.216. The molecule has 0 saturated carbocycles. The van der Waals surface area contributed by atoms with Crippen LogP contribution in [0.4, 0.5) is 0 Å². The van der Waals surface area contributed by atoms with Crippen LogP contribution < -0.4 is 0 Å². The second-order valence-electron chi connectivity index (χ2n) is 1.60. The van der Waals surface area contributed by atoms with Crippen LogP contribution in [0.15, 0.2) is 11.8 Å². The summed E-state index contributed by atoms with van der Waals surface area (Å²) in [6.45, 7) is 1.62. The van der Waals surface area contributed by atoms with E-state index in [1.807, 2.05) is 0 Å². The van der Waals surface area contributed by atoms with Crippen LogP contribution in [0.1, 0.15) is 13.3 Å². The third-order valence-corrected chi connectivity index (χ3v) is 0.838. The minimum atomic E-state index is -0.465. The third kappa shape index (κ3) is 3.72. The molecule has 0 aliphatic carbocycles. The van der Waals surface area contributed by atoms with Crippen LogP contribution in [0.2, 0.25) is 0 Å². The van der Waals surface area contributed by atoms with Gasteiger partial charge >= 0.3 is 5.97 Å². The number of esters is 1. The molecule has 0 radical (unpaired) electrons. The fraction of sp³-hybridized carbons (Fsp3) is 0.286. The number of hydrogen-bond donors (Lipinski definition) is 0. The second-order valence-corrected chi connectivity index (χ2v) is 1.60. The van der Waals surface area contributed by atoms with Gasteiger partial charge in [0.25, 0.3) is 0 Å². The van der Waals surface area contributed by atoms with E-state index in [2.05, 4.69) is 4.74 Å². The highest BCUT2D eigenvalue weighted by Gasteiger charge is 1.96. The lowest BCUT2D eigenvalue weighted by Crippen LogP contribution is -1.96. The summed E-state index contributed by atoms with van der Waals surface area (Å²) in [5.74, 6) is -0.465. The average molecular weight is 150 g/mol. The zero-order valence-electron chi connectivity index (χ0n) is 6.00. The molecule has 0 bridgehead atoms. The van der Waals surface area contributed by atoms with Crippen LogP contribution in [0, 0.1) is 22.7 Å². The van der Waals surface area contributed by atoms with E-state index in [4.69, 9.17) is 10.5 Å². The Hall–Kier alpha value is -1.81. The van der Waals surface area contributed by atoms with Crippen molar-refractivity contribution in [2.75, 3.05) is 0 Å². The van der Waals surface area contributed by atoms with Crippen molar-refractivity contribution in [1.29, 1.82) is 10.5 Å². The maximum atomic E-state index is 10.5. The highest BCUT2D eigenvalue weighted by atomic mass is 16.5. The van der Waals surface area contributed by atoms with Crippen LogP contribution >= 0.6 is 0 Å². The fourth-order valence-corrected chi connectivity index (χ4v) is 0.286. The maximum absolute atomic E-state index is 10.5. The monoisotopic (exact) mass is 150 g/mol. The molecule has 0 heterocycles. The molecule has 4 nitrogen and oxygen atoms in total. The minimum Gasteiger partial charge on any atom is -0.432 e. The van der Waals surface area contributed by atoms with Crippen LogP contribution in [-0.2, 0) is 9.53 Å². The molecular weight excluding hydrogens is 144 g/mol. The predicted molar refractivity (Wildman–Crippen MR) is 35.7 cm³/mol. The number of allylic oxidation sites excluding steroid dienone is 1. The molecule has 0 spiro atoms. The Bertz CT molecular complexity index is 239. The molecule has 0 aliphatic rings. The molecule has 0 fully saturated rings. The van der Waals surface area contributed by atoms with Crippen molar-refractivity contribution in [1.82, 2.24) is 0 Å². The number of rotatable bonds is 2. The molecule has 0 N–H and O–H groups in total. The summed E-state index contributed by atoms with van der Waals surface area (Å²) < 4.78 is 4.39. The van der Waals surface area contributed by atoms with Gasteiger partial charge in [-0.3, -0.25) is 4.79 Å². The summed E-state index contributed by atoms with van der Waals surface area (Å²) in [6, 6.07) is 3.11. The van der Waals surface area contributed by atoms with Crippen molar-refractivity contribution < 1.29 is 9.53 Å². The van der Waals surface area contributed by atoms with Crippen molar-refractivity contribution in [2.24, 2.45) is 0 Å². The summed E-state index contributed by atoms with van der Waals surface area (Å²) in [4.78, 5) is 10.5. The number of nitriles is 2. The number of ether oxygens (including phenoxy) is 1. The minimum absolute atomic E-state index is 0.216. The molecule has 0 saturated heterocycles. The molecule has 0 amide bonds. The van der Waals surface area contributed by atoms with E-state index in [0.29, 0.717) is 0 Å². The Balaban J connectivity index is 4.05. The molecular formula is C7H6N2O2. The fourth-order valence-electron chi connectivity index (χ4n) is 0.286. The standard InChI is InChI=1S/C7H6N2O2/c1-2-7(10)11-5-6(3-8)4-9/h5H,2H2,1H3. The average Bonchev–Trinajstić information content (AvgIpc) is 2.06. The number of nitrogens with zero attached hydrogens (tertiary/aromatic N) is 2. The van der Waals surface area contributed by atoms with Crippen molar-refractivity contribution in [3.05, 3.63) is 11.8 Å². The number of carbonyl (C=O) groups is 1. The number of carbonyl (C=O) groups excluding carboxylic acids is 1. The Kier molecular flexibility index (Phi) is 4.19. The van der Waals surface area contributed by atoms with E-state index in [9.17, 15) is 4.79 Å². The molecule has 0 atom stereocenters. The summed E-state index contributed by atoms with van der Waals surface area (Å²) in [7, 11) is 0. The summed E-state index contributed by atoms with van der Waals surface area (Å²) >= 11 is 0. The zero-order chi connectivity index (χ0) is 8.69. The van der Waals surface area contributed by atoms with E-state index in [0.717, 1.165) is 6.26 Å². The van der Waals surface area contributed by atoms with Crippen LogP contribution in [-0.4, -0.2) is 5.97 Å². The normalized spacial score (nSPS) is 7.18. The first kappa shape index (κ1) is 9.19. The molecule has 0 rings (SSSR count). The van der Waals surface area contributed by atoms with Crippen molar-refractivity contribution in [3.63, 3.8) is 0 Å². The molecule has 0 unspecified atom stereocenters. The van der Waals surface area contributed by atoms with Crippen LogP contribution in [0.25, 0.3) is 0 Å². The van der Waals surface area contributed by atoms with E-state index in [-0.39, 0.29) is 12.0 Å². The van der Waals surface area contributed by atoms with Crippen molar-refractivity contribution in [2.45, 2.75) is 13.3 Å². The Labute approximate surface area is 64.3 Å². The van der Waals surface area contributed by atoms with E-state index in [1.54, 1.807) is 19.1 Å². The molecule has 0 aliphatic heterocycles. The Morgan fingerprint density at radius 1 is 1.55 bits per heavy atom. The molecule has 11 heavy (non-hydrogen) atoms. The highest BCUT2D eigenvalue weighted by Crippen LogP contribution is 1.92. The SMILES string of the molecule is CCC(=O)OC=C(C#N)C#N. The largest absolute Gasteiger partial charge is 0.432 e. The van der Waals surface area contributed by atoms with Gasteiger partial charge < -0.3 is 4.74 Å². The van der Waals surface area contributed by atoms with Gasteiger partial charge in [0.05, 0.1) is 0 Å². The van der Waals surface area contributed by atoms with Crippen LogP contribution in [0.5, 0.6) is 0 Å². The van der Waals surface area contributed by atoms with Gasteiger partial charge in [-0.1, -0.05) is 6.92 Å². The lowest BCUT2D eigenvalue weighted by molar-refractivity contribution is -0.137. The zero-order valence-corrected chi connectivity index (χ0v) is 6.00. The topological polar surface area (TPSA) is 73.9 Å². The smallest absolute Gasteiger partial charge is 0.310 e. The van der Waals surface area contributed by atoms with Gasteiger partial charge in [0.1, 0.15) is 18.4 Å². The molecule has 0 aromatic heterocycles. The van der Waals surface area contributed by atoms with E-state index < -0.39 is 5.97 Å². The van der Waals surface area contributed by atoms with E-state index >= 15 is 0 Å². The Morgan fingerprint density at radius 3 is 2.45 bits per heavy atom. The summed E-state index contributed by atoms with van der Waals surface area (Å²) in [6.07, 6.45) is 1.08. The van der Waals surface area contributed by atoms with Gasteiger partial charge in [0, 0.05) is 6.42 Å². The van der Waals surface area contributed by atoms with Gasteiger partial charge in [-0.25, -0.2) is 0 Å². The first-order valence-electron chi connectivity index (χ1n) is 2.94. The second kappa shape index (κ2) is 5.01. The van der Waals surface area contributed by atoms with Crippen molar-refractivity contribution >= 4 is 5.97 Å². The molecule has 0 aromatic rings. The van der Waals surface area contributed by atoms with E-state index in [1.165, 1.54) is 0 Å². The maximum Gasteiger partial charge on any atom is 0.310 e. The molecule has 4 heteroatoms. The van der Waals surface area contributed by atoms with Gasteiger partial charge in [0.15, 0.2) is 5.57 Å². The lowest BCUT2D eigenvalue weighted by atomic mass is 10.4. The Morgan fingerprint density at radius 2 is 2.09 bits per heavy atom. The predicted octanol–water partition coefficient (Wildman–Crippen LogP) is 0.871. The third-order valence-electron chi connectivity index (χ3n) is 0.838. The first-order valence-corrected chi connectivity index (χ1v) is 2.94. The molecule has 56 valence electrons. The van der Waals surface area contributed by atoms with Gasteiger partial charge in [-0.05, 0) is 0 Å². The van der Waals surface area contributed by atoms with Crippen molar-refractivity contribution in [3.8, 4) is 12.1 Å². The van der Waals surface area contributed by atoms with Gasteiger partial charge in [-0.2, -0.15) is 10.5 Å². The summed E-state index contributed by atoms with van der Waals surface area (Å²) in [5, 5.41) is 16.4. The van der Waals surface area contributed by atoms with Crippen LogP contribution in [0.3, 0.4) is 0 Å². The van der Waals surface area contributed by atoms with Gasteiger partial charge in [-0.15, -0.1) is 0 Å². The lowest BCUT2D eigenvalue weighted by Gasteiger charge is -1.91. The molecule has 0 aromatic carbocycles. The van der Waals surface area contributed by atoms with Gasteiger partial charge in [0.2, 0.25) is 0 Å².